The summed E-state index contributed by atoms with van der Waals surface area (Å²) in [5, 5.41) is 0. The van der Waals surface area contributed by atoms with Crippen LogP contribution in [0.25, 0.3) is 22.3 Å². The number of aromatic nitrogens is 2. The van der Waals surface area contributed by atoms with Crippen molar-refractivity contribution in [3.05, 3.63) is 225 Å². The minimum Gasteiger partial charge on any atom is -0.551 e. The quantitative estimate of drug-likeness (QED) is 0.147. The summed E-state index contributed by atoms with van der Waals surface area (Å²) in [5.41, 5.74) is 17.0. The van der Waals surface area contributed by atoms with E-state index in [-0.39, 0.29) is 0 Å². The van der Waals surface area contributed by atoms with Crippen molar-refractivity contribution in [2.45, 2.75) is 0 Å². The largest absolute Gasteiger partial charge is 0.551 e. The van der Waals surface area contributed by atoms with Crippen LogP contribution in [0.1, 0.15) is 0 Å². The van der Waals surface area contributed by atoms with Crippen LogP contribution in [0.4, 0.5) is 51.2 Å². The minimum atomic E-state index is -0.473. The van der Waals surface area contributed by atoms with Crippen molar-refractivity contribution < 1.29 is 14.0 Å². The number of hydrogen-bond acceptors (Lipinski definition) is 8. The molecule has 4 aliphatic rings. The summed E-state index contributed by atoms with van der Waals surface area (Å²) in [4.78, 5) is 16.2. The molecule has 0 atom stereocenters. The van der Waals surface area contributed by atoms with Crippen molar-refractivity contribution in [1.82, 2.24) is 9.97 Å². The lowest BCUT2D eigenvalue weighted by Gasteiger charge is -2.42. The Balaban J connectivity index is 1.00. The number of ether oxygens (including phenoxy) is 1. The lowest BCUT2D eigenvalue weighted by atomic mass is 9.46. The van der Waals surface area contributed by atoms with Crippen LogP contribution in [-0.2, 0) is 0 Å². The fourth-order valence-electron chi connectivity index (χ4n) is 10.5. The smallest absolute Gasteiger partial charge is 0.434 e. The highest BCUT2D eigenvalue weighted by Gasteiger charge is 2.47. The maximum Gasteiger partial charge on any atom is 0.434 e. The van der Waals surface area contributed by atoms with Gasteiger partial charge in [0.25, 0.3) is 0 Å². The third kappa shape index (κ3) is 5.97. The van der Waals surface area contributed by atoms with Gasteiger partial charge in [-0.25, -0.2) is 0 Å². The van der Waals surface area contributed by atoms with Gasteiger partial charge in [0.05, 0.1) is 5.69 Å². The van der Waals surface area contributed by atoms with Gasteiger partial charge >= 0.3 is 13.8 Å². The zero-order valence-electron chi connectivity index (χ0n) is 36.5. The first-order chi connectivity index (χ1) is 33.7. The van der Waals surface area contributed by atoms with Crippen LogP contribution in [0.5, 0.6) is 23.0 Å². The molecule has 0 unspecified atom stereocenters. The van der Waals surface area contributed by atoms with Gasteiger partial charge in [0.15, 0.2) is 0 Å². The Bertz CT molecular complexity index is 3510. The normalized spacial score (nSPS) is 13.0. The number of benzene rings is 8. The molecule has 0 saturated heterocycles. The molecule has 0 radical (unpaired) electrons. The van der Waals surface area contributed by atoms with Crippen molar-refractivity contribution in [2.24, 2.45) is 0 Å². The zero-order chi connectivity index (χ0) is 44.7. The Morgan fingerprint density at radius 1 is 0.368 bits per heavy atom. The SMILES string of the molecule is c1ccc(N(c2ccccc2)c2cc3c4c(c2)-c2cnccc2OB4c2cc4c(cc2O3)N(c2ccccc2)c2cc(N(c3ccccc3)c3ccccc3)cc3c2B4Oc2ccncc2-3)cc1. The first-order valence-corrected chi connectivity index (χ1v) is 22.8. The Hall–Kier alpha value is -9.01. The number of fused-ring (bicyclic) bond motifs is 8. The van der Waals surface area contributed by atoms with E-state index in [0.717, 1.165) is 113 Å². The molecule has 0 amide bonds. The molecule has 8 nitrogen and oxygen atoms in total. The highest BCUT2D eigenvalue weighted by molar-refractivity contribution is 6.88. The highest BCUT2D eigenvalue weighted by atomic mass is 16.5. The van der Waals surface area contributed by atoms with Crippen molar-refractivity contribution in [3.8, 4) is 45.3 Å². The van der Waals surface area contributed by atoms with E-state index in [1.165, 1.54) is 0 Å². The number of para-hydroxylation sites is 5. The maximum atomic E-state index is 7.27. The van der Waals surface area contributed by atoms with Crippen LogP contribution < -0.4 is 50.6 Å². The summed E-state index contributed by atoms with van der Waals surface area (Å²) in [5.74, 6) is 2.98. The van der Waals surface area contributed by atoms with Gasteiger partial charge in [-0.1, -0.05) is 97.1 Å². The van der Waals surface area contributed by atoms with E-state index in [0.29, 0.717) is 5.75 Å². The first-order valence-electron chi connectivity index (χ1n) is 22.8. The Morgan fingerprint density at radius 3 is 1.37 bits per heavy atom. The molecular weight excluding hydrogens is 836 g/mol. The molecule has 68 heavy (non-hydrogen) atoms. The van der Waals surface area contributed by atoms with Crippen molar-refractivity contribution in [3.63, 3.8) is 0 Å². The molecule has 0 bridgehead atoms. The highest BCUT2D eigenvalue weighted by Crippen LogP contribution is 2.49. The van der Waals surface area contributed by atoms with Crippen molar-refractivity contribution in [2.75, 3.05) is 14.7 Å². The van der Waals surface area contributed by atoms with Gasteiger partial charge in [-0.3, -0.25) is 9.97 Å². The second-order valence-corrected chi connectivity index (χ2v) is 17.3. The van der Waals surface area contributed by atoms with E-state index in [9.17, 15) is 0 Å². The third-order valence-corrected chi connectivity index (χ3v) is 13.4. The predicted octanol–water partition coefficient (Wildman–Crippen LogP) is 11.6. The van der Waals surface area contributed by atoms with Gasteiger partial charge in [0.2, 0.25) is 0 Å². The Labute approximate surface area is 394 Å². The summed E-state index contributed by atoms with van der Waals surface area (Å²) in [7, 11) is 0. The molecule has 0 saturated carbocycles. The van der Waals surface area contributed by atoms with E-state index in [1.54, 1.807) is 12.4 Å². The summed E-state index contributed by atoms with van der Waals surface area (Å²) in [6.45, 7) is -0.932. The number of rotatable bonds is 7. The molecule has 4 aliphatic heterocycles. The number of nitrogens with zero attached hydrogens (tertiary/aromatic N) is 5. The molecule has 318 valence electrons. The molecular formula is C58H37B2N5O3. The van der Waals surface area contributed by atoms with Gasteiger partial charge in [0.1, 0.15) is 23.0 Å². The minimum absolute atomic E-state index is 0.459. The molecule has 2 aromatic heterocycles. The van der Waals surface area contributed by atoms with Crippen LogP contribution in [0.2, 0.25) is 0 Å². The van der Waals surface area contributed by atoms with Crippen LogP contribution in [0.3, 0.4) is 0 Å². The monoisotopic (exact) mass is 873 g/mol. The average molecular weight is 874 g/mol. The third-order valence-electron chi connectivity index (χ3n) is 13.4. The van der Waals surface area contributed by atoms with Gasteiger partial charge < -0.3 is 28.7 Å². The van der Waals surface area contributed by atoms with Gasteiger partial charge in [-0.15, -0.1) is 0 Å². The van der Waals surface area contributed by atoms with E-state index >= 15 is 0 Å². The topological polar surface area (TPSA) is 63.2 Å². The standard InChI is InChI=1S/C58H37B2N5O3/c1-6-16-38(17-7-1)63(39-18-8-2-9-19-39)43-30-45-47-36-61-28-26-53(47)67-59-49-34-50-55(35-51(49)65(52(32-43)57(45)59)42-24-14-5-15-25-42)66-56-33-44(31-46-48-37-62-29-27-54(48)68-60(50)58(46)56)64(40-20-10-3-11-21-40)41-22-12-4-13-23-41/h1-37H. The summed E-state index contributed by atoms with van der Waals surface area (Å²) in [6, 6.07) is 70.0. The van der Waals surface area contributed by atoms with E-state index in [2.05, 4.69) is 201 Å². The van der Waals surface area contributed by atoms with E-state index in [1.807, 2.05) is 36.7 Å². The lowest BCUT2D eigenvalue weighted by molar-refractivity contribution is 0.479. The zero-order valence-corrected chi connectivity index (χ0v) is 36.5. The molecule has 0 aliphatic carbocycles. The molecule has 6 heterocycles. The van der Waals surface area contributed by atoms with Crippen LogP contribution in [0.15, 0.2) is 225 Å². The van der Waals surface area contributed by atoms with Gasteiger partial charge in [0, 0.05) is 110 Å². The molecule has 10 aromatic rings. The van der Waals surface area contributed by atoms with Crippen LogP contribution >= 0.6 is 0 Å². The molecule has 0 N–H and O–H groups in total. The van der Waals surface area contributed by atoms with Gasteiger partial charge in [-0.05, 0) is 108 Å². The number of hydrogen-bond donors (Lipinski definition) is 0. The average Bonchev–Trinajstić information content (AvgIpc) is 3.40. The molecule has 14 rings (SSSR count). The summed E-state index contributed by atoms with van der Waals surface area (Å²) in [6.07, 6.45) is 7.42. The van der Waals surface area contributed by atoms with Crippen LogP contribution in [-0.4, -0.2) is 23.8 Å². The van der Waals surface area contributed by atoms with Crippen LogP contribution in [0, 0.1) is 0 Å². The van der Waals surface area contributed by atoms with Crippen molar-refractivity contribution >= 4 is 86.9 Å². The Morgan fingerprint density at radius 2 is 0.838 bits per heavy atom. The predicted molar refractivity (Wildman–Crippen MR) is 275 cm³/mol. The van der Waals surface area contributed by atoms with E-state index < -0.39 is 13.8 Å². The molecule has 0 fully saturated rings. The first kappa shape index (κ1) is 38.3. The lowest BCUT2D eigenvalue weighted by Crippen LogP contribution is -2.59. The molecule has 10 heteroatoms. The fourth-order valence-corrected chi connectivity index (χ4v) is 10.5. The number of pyridine rings is 2. The van der Waals surface area contributed by atoms with E-state index in [4.69, 9.17) is 14.0 Å². The Kier molecular flexibility index (Phi) is 8.61. The fraction of sp³-hybridized carbons (Fsp3) is 0. The van der Waals surface area contributed by atoms with Gasteiger partial charge in [-0.2, -0.15) is 0 Å². The van der Waals surface area contributed by atoms with Crippen molar-refractivity contribution in [1.29, 1.82) is 0 Å². The summed E-state index contributed by atoms with van der Waals surface area (Å²) < 4.78 is 21.6. The molecule has 8 aromatic carbocycles. The summed E-state index contributed by atoms with van der Waals surface area (Å²) >= 11 is 0. The maximum absolute atomic E-state index is 7.27. The molecule has 0 spiro atoms. The second-order valence-electron chi connectivity index (χ2n) is 17.3. The second kappa shape index (κ2) is 15.3. The number of anilines is 9.